The molecule has 0 saturated heterocycles. The Morgan fingerprint density at radius 1 is 1.09 bits per heavy atom. The van der Waals surface area contributed by atoms with Crippen LogP contribution in [0.15, 0.2) is 30.3 Å². The molecule has 1 aliphatic carbocycles. The van der Waals surface area contributed by atoms with Crippen LogP contribution in [-0.2, 0) is 19.1 Å². The van der Waals surface area contributed by atoms with Crippen molar-refractivity contribution >= 4 is 11.9 Å². The van der Waals surface area contributed by atoms with Gasteiger partial charge < -0.3 is 14.8 Å². The van der Waals surface area contributed by atoms with E-state index in [1.807, 2.05) is 30.3 Å². The molecule has 126 valence electrons. The third-order valence-electron chi connectivity index (χ3n) is 4.45. The van der Waals surface area contributed by atoms with Gasteiger partial charge in [0.2, 0.25) is 0 Å². The van der Waals surface area contributed by atoms with E-state index in [4.69, 9.17) is 9.47 Å². The van der Waals surface area contributed by atoms with E-state index in [0.29, 0.717) is 0 Å². The van der Waals surface area contributed by atoms with Crippen molar-refractivity contribution < 1.29 is 19.1 Å². The van der Waals surface area contributed by atoms with E-state index in [2.05, 4.69) is 5.32 Å². The van der Waals surface area contributed by atoms with Crippen LogP contribution in [0.25, 0.3) is 0 Å². The van der Waals surface area contributed by atoms with Gasteiger partial charge in [0.05, 0.1) is 7.11 Å². The number of carbonyl (C=O) groups excluding carboxylic acids is 2. The van der Waals surface area contributed by atoms with Gasteiger partial charge in [0.1, 0.15) is 6.04 Å². The first kappa shape index (κ1) is 17.5. The van der Waals surface area contributed by atoms with Crippen molar-refractivity contribution in [3.63, 3.8) is 0 Å². The average molecular weight is 319 g/mol. The summed E-state index contributed by atoms with van der Waals surface area (Å²) in [6.45, 7) is 0. The minimum absolute atomic E-state index is 0.133. The van der Waals surface area contributed by atoms with Gasteiger partial charge in [-0.2, -0.15) is 0 Å². The van der Waals surface area contributed by atoms with Gasteiger partial charge >= 0.3 is 5.97 Å². The lowest BCUT2D eigenvalue weighted by molar-refractivity contribution is -0.148. The van der Waals surface area contributed by atoms with Crippen molar-refractivity contribution in [1.82, 2.24) is 5.32 Å². The average Bonchev–Trinajstić information content (AvgIpc) is 2.61. The Morgan fingerprint density at radius 3 is 2.30 bits per heavy atom. The Kier molecular flexibility index (Phi) is 6.59. The van der Waals surface area contributed by atoms with Crippen LogP contribution in [0.5, 0.6) is 0 Å². The maximum Gasteiger partial charge on any atom is 0.328 e. The molecule has 2 atom stereocenters. The Balaban J connectivity index is 2.10. The number of ether oxygens (including phenoxy) is 2. The molecule has 5 nitrogen and oxygen atoms in total. The van der Waals surface area contributed by atoms with Crippen molar-refractivity contribution in [2.24, 2.45) is 5.92 Å². The molecule has 0 unspecified atom stereocenters. The Hall–Kier alpha value is -1.88. The molecule has 1 aromatic rings. The molecular formula is C18H25NO4. The zero-order valence-corrected chi connectivity index (χ0v) is 13.8. The molecule has 1 aromatic carbocycles. The summed E-state index contributed by atoms with van der Waals surface area (Å²) in [6, 6.07) is 8.66. The molecule has 1 amide bonds. The van der Waals surface area contributed by atoms with Gasteiger partial charge in [-0.05, 0) is 24.3 Å². The highest BCUT2D eigenvalue weighted by Crippen LogP contribution is 2.27. The molecular weight excluding hydrogens is 294 g/mol. The van der Waals surface area contributed by atoms with E-state index in [0.717, 1.165) is 31.2 Å². The topological polar surface area (TPSA) is 64.6 Å². The van der Waals surface area contributed by atoms with Crippen LogP contribution >= 0.6 is 0 Å². The summed E-state index contributed by atoms with van der Waals surface area (Å²) in [5.74, 6) is -0.554. The minimum Gasteiger partial charge on any atom is -0.467 e. The van der Waals surface area contributed by atoms with Crippen molar-refractivity contribution in [3.8, 4) is 0 Å². The highest BCUT2D eigenvalue weighted by Gasteiger charge is 2.33. The second kappa shape index (κ2) is 8.67. The van der Waals surface area contributed by atoms with Crippen LogP contribution in [0.3, 0.4) is 0 Å². The van der Waals surface area contributed by atoms with E-state index in [-0.39, 0.29) is 17.8 Å². The van der Waals surface area contributed by atoms with E-state index < -0.39 is 12.1 Å². The van der Waals surface area contributed by atoms with Crippen LogP contribution in [0.1, 0.15) is 43.8 Å². The molecule has 0 heterocycles. The summed E-state index contributed by atoms with van der Waals surface area (Å²) in [7, 11) is 2.85. The zero-order valence-electron chi connectivity index (χ0n) is 13.8. The molecule has 1 fully saturated rings. The normalized spacial score (nSPS) is 18.0. The maximum absolute atomic E-state index is 12.6. The molecule has 1 aliphatic rings. The second-order valence-corrected chi connectivity index (χ2v) is 5.93. The van der Waals surface area contributed by atoms with Crippen LogP contribution in [-0.4, -0.2) is 32.1 Å². The van der Waals surface area contributed by atoms with Crippen molar-refractivity contribution in [2.75, 3.05) is 14.2 Å². The van der Waals surface area contributed by atoms with Crippen LogP contribution in [0.4, 0.5) is 0 Å². The third kappa shape index (κ3) is 4.55. The standard InChI is InChI=1S/C18H25NO4/c1-22-16(14-11-7-4-8-12-14)17(20)19-15(18(21)23-2)13-9-5-3-6-10-13/h4,7-8,11-13,15-16H,3,5-6,9-10H2,1-2H3,(H,19,20)/t15-,16-/m1/s1. The SMILES string of the molecule is COC(=O)[C@H](NC(=O)[C@H](OC)c1ccccc1)C1CCCCC1. The van der Waals surface area contributed by atoms with Crippen molar-refractivity contribution in [3.05, 3.63) is 35.9 Å². The predicted molar refractivity (Wildman–Crippen MR) is 86.7 cm³/mol. The fourth-order valence-corrected chi connectivity index (χ4v) is 3.21. The number of methoxy groups -OCH3 is 2. The van der Waals surface area contributed by atoms with Crippen molar-refractivity contribution in [1.29, 1.82) is 0 Å². The molecule has 0 bridgehead atoms. The number of amides is 1. The van der Waals surface area contributed by atoms with Gasteiger partial charge in [-0.15, -0.1) is 0 Å². The second-order valence-electron chi connectivity index (χ2n) is 5.93. The monoisotopic (exact) mass is 319 g/mol. The first-order valence-electron chi connectivity index (χ1n) is 8.13. The van der Waals surface area contributed by atoms with E-state index in [1.165, 1.54) is 20.6 Å². The predicted octanol–water partition coefficient (Wildman–Crippen LogP) is 2.61. The van der Waals surface area contributed by atoms with Crippen LogP contribution in [0.2, 0.25) is 0 Å². The molecule has 5 heteroatoms. The van der Waals surface area contributed by atoms with Gasteiger partial charge in [-0.25, -0.2) is 4.79 Å². The Bertz CT molecular complexity index is 511. The quantitative estimate of drug-likeness (QED) is 0.819. The number of benzene rings is 1. The fraction of sp³-hybridized carbons (Fsp3) is 0.556. The first-order valence-corrected chi connectivity index (χ1v) is 8.13. The number of nitrogens with one attached hydrogen (secondary N) is 1. The number of hydrogen-bond donors (Lipinski definition) is 1. The summed E-state index contributed by atoms with van der Waals surface area (Å²) in [6.07, 6.45) is 4.49. The summed E-state index contributed by atoms with van der Waals surface area (Å²) in [5.41, 5.74) is 0.764. The lowest BCUT2D eigenvalue weighted by Gasteiger charge is -2.30. The lowest BCUT2D eigenvalue weighted by Crippen LogP contribution is -2.48. The molecule has 1 N–H and O–H groups in total. The Morgan fingerprint density at radius 2 is 1.74 bits per heavy atom. The van der Waals surface area contributed by atoms with Gasteiger partial charge in [-0.1, -0.05) is 49.6 Å². The largest absolute Gasteiger partial charge is 0.467 e. The smallest absolute Gasteiger partial charge is 0.328 e. The molecule has 0 aromatic heterocycles. The first-order chi connectivity index (χ1) is 11.2. The van der Waals surface area contributed by atoms with E-state index >= 15 is 0 Å². The lowest BCUT2D eigenvalue weighted by atomic mass is 9.83. The molecule has 0 spiro atoms. The van der Waals surface area contributed by atoms with Crippen LogP contribution < -0.4 is 5.32 Å². The van der Waals surface area contributed by atoms with Crippen LogP contribution in [0, 0.1) is 5.92 Å². The summed E-state index contributed by atoms with van der Waals surface area (Å²) < 4.78 is 10.2. The maximum atomic E-state index is 12.6. The molecule has 2 rings (SSSR count). The molecule has 0 radical (unpaired) electrons. The number of hydrogen-bond acceptors (Lipinski definition) is 4. The highest BCUT2D eigenvalue weighted by molar-refractivity contribution is 5.87. The highest BCUT2D eigenvalue weighted by atomic mass is 16.5. The van der Waals surface area contributed by atoms with Gasteiger partial charge in [-0.3, -0.25) is 4.79 Å². The summed E-state index contributed by atoms with van der Waals surface area (Å²) >= 11 is 0. The Labute approximate surface area is 137 Å². The molecule has 23 heavy (non-hydrogen) atoms. The summed E-state index contributed by atoms with van der Waals surface area (Å²) in [5, 5.41) is 2.85. The minimum atomic E-state index is -0.730. The number of rotatable bonds is 6. The van der Waals surface area contributed by atoms with Gasteiger partial charge in [0.15, 0.2) is 6.10 Å². The van der Waals surface area contributed by atoms with E-state index in [9.17, 15) is 9.59 Å². The summed E-state index contributed by atoms with van der Waals surface area (Å²) in [4.78, 5) is 24.7. The molecule has 0 aliphatic heterocycles. The van der Waals surface area contributed by atoms with Gasteiger partial charge in [0.25, 0.3) is 5.91 Å². The van der Waals surface area contributed by atoms with E-state index in [1.54, 1.807) is 0 Å². The molecule has 1 saturated carbocycles. The zero-order chi connectivity index (χ0) is 16.7. The number of esters is 1. The third-order valence-corrected chi connectivity index (χ3v) is 4.45. The van der Waals surface area contributed by atoms with Crippen molar-refractivity contribution in [2.45, 2.75) is 44.2 Å². The number of carbonyl (C=O) groups is 2. The van der Waals surface area contributed by atoms with Gasteiger partial charge in [0, 0.05) is 7.11 Å². The fourth-order valence-electron chi connectivity index (χ4n) is 3.21.